The molecule has 0 saturated heterocycles. The lowest BCUT2D eigenvalue weighted by Gasteiger charge is -2.33. The van der Waals surface area contributed by atoms with Crippen molar-refractivity contribution in [2.75, 3.05) is 27.9 Å². The minimum atomic E-state index is -0.197. The van der Waals surface area contributed by atoms with Crippen molar-refractivity contribution < 1.29 is 23.7 Å². The molecule has 0 radical (unpaired) electrons. The van der Waals surface area contributed by atoms with Crippen molar-refractivity contribution in [3.05, 3.63) is 41.5 Å². The fourth-order valence-electron chi connectivity index (χ4n) is 4.01. The van der Waals surface area contributed by atoms with E-state index in [4.69, 9.17) is 18.9 Å². The monoisotopic (exact) mass is 414 g/mol. The molecule has 1 aliphatic rings. The molecule has 1 amide bonds. The fraction of sp³-hybridized carbons (Fsp3) is 0.478. The van der Waals surface area contributed by atoms with Crippen molar-refractivity contribution in [1.82, 2.24) is 10.3 Å². The minimum Gasteiger partial charge on any atom is -0.493 e. The van der Waals surface area contributed by atoms with E-state index in [1.165, 1.54) is 14.2 Å². The number of pyridine rings is 1. The van der Waals surface area contributed by atoms with Crippen LogP contribution in [0.2, 0.25) is 0 Å². The van der Waals surface area contributed by atoms with E-state index in [0.717, 1.165) is 37.0 Å². The van der Waals surface area contributed by atoms with Gasteiger partial charge in [-0.05, 0) is 43.5 Å². The average Bonchev–Trinajstić information content (AvgIpc) is 2.79. The number of nitrogens with one attached hydrogen (secondary N) is 1. The molecule has 1 saturated carbocycles. The molecule has 1 heterocycles. The molecule has 7 heteroatoms. The van der Waals surface area contributed by atoms with Gasteiger partial charge >= 0.3 is 0 Å². The van der Waals surface area contributed by atoms with Crippen LogP contribution in [0.5, 0.6) is 23.3 Å². The highest BCUT2D eigenvalue weighted by Crippen LogP contribution is 2.38. The number of nitrogens with zero attached hydrogens (tertiary/aromatic N) is 1. The SMILES string of the molecule is CCOc1cc([C@H]2CCCC[C@H]2NC(=O)c2ccc(OC)nc2OC)ccc1OC. The Morgan fingerprint density at radius 1 is 1.03 bits per heavy atom. The topological polar surface area (TPSA) is 78.9 Å². The molecular formula is C23H30N2O5. The normalized spacial score (nSPS) is 18.4. The second-order valence-electron chi connectivity index (χ2n) is 7.22. The zero-order valence-electron chi connectivity index (χ0n) is 18.1. The Balaban J connectivity index is 1.83. The fourth-order valence-corrected chi connectivity index (χ4v) is 4.01. The molecule has 2 atom stereocenters. The van der Waals surface area contributed by atoms with Crippen LogP contribution in [0.4, 0.5) is 0 Å². The molecule has 162 valence electrons. The number of hydrogen-bond acceptors (Lipinski definition) is 6. The molecule has 1 aromatic carbocycles. The summed E-state index contributed by atoms with van der Waals surface area (Å²) in [7, 11) is 4.66. The van der Waals surface area contributed by atoms with E-state index in [1.54, 1.807) is 19.2 Å². The summed E-state index contributed by atoms with van der Waals surface area (Å²) in [5.41, 5.74) is 1.54. The molecule has 1 aliphatic carbocycles. The summed E-state index contributed by atoms with van der Waals surface area (Å²) in [5.74, 6) is 2.10. The van der Waals surface area contributed by atoms with Crippen molar-refractivity contribution in [3.63, 3.8) is 0 Å². The van der Waals surface area contributed by atoms with E-state index in [9.17, 15) is 4.79 Å². The van der Waals surface area contributed by atoms with Gasteiger partial charge in [-0.1, -0.05) is 18.9 Å². The van der Waals surface area contributed by atoms with E-state index in [-0.39, 0.29) is 23.7 Å². The zero-order chi connectivity index (χ0) is 21.5. The summed E-state index contributed by atoms with van der Waals surface area (Å²) in [4.78, 5) is 17.2. The van der Waals surface area contributed by atoms with Crippen LogP contribution >= 0.6 is 0 Å². The molecule has 30 heavy (non-hydrogen) atoms. The minimum absolute atomic E-state index is 0.0147. The van der Waals surface area contributed by atoms with Gasteiger partial charge in [0.2, 0.25) is 11.8 Å². The standard InChI is InChI=1S/C23H30N2O5/c1-5-30-20-14-15(10-12-19(20)27-2)16-8-6-7-9-18(16)24-22(26)17-11-13-21(28-3)25-23(17)29-4/h10-14,16,18H,5-9H2,1-4H3,(H,24,26)/t16-,18-/m1/s1. The van der Waals surface area contributed by atoms with Crippen molar-refractivity contribution >= 4 is 5.91 Å². The number of benzene rings is 1. The Bertz CT molecular complexity index is 871. The summed E-state index contributed by atoms with van der Waals surface area (Å²) in [5, 5.41) is 3.20. The summed E-state index contributed by atoms with van der Waals surface area (Å²) in [6, 6.07) is 9.39. The third-order valence-corrected chi connectivity index (χ3v) is 5.48. The molecule has 0 aliphatic heterocycles. The van der Waals surface area contributed by atoms with Crippen LogP contribution in [-0.4, -0.2) is 44.9 Å². The smallest absolute Gasteiger partial charge is 0.257 e. The molecule has 7 nitrogen and oxygen atoms in total. The van der Waals surface area contributed by atoms with Gasteiger partial charge < -0.3 is 24.3 Å². The van der Waals surface area contributed by atoms with Crippen molar-refractivity contribution in [3.8, 4) is 23.3 Å². The van der Waals surface area contributed by atoms with Crippen LogP contribution in [0.25, 0.3) is 0 Å². The van der Waals surface area contributed by atoms with Gasteiger partial charge in [-0.2, -0.15) is 4.98 Å². The maximum absolute atomic E-state index is 13.0. The lowest BCUT2D eigenvalue weighted by Crippen LogP contribution is -2.41. The van der Waals surface area contributed by atoms with E-state index in [2.05, 4.69) is 16.4 Å². The molecule has 0 bridgehead atoms. The lowest BCUT2D eigenvalue weighted by atomic mass is 9.79. The summed E-state index contributed by atoms with van der Waals surface area (Å²) in [6.07, 6.45) is 4.12. The maximum Gasteiger partial charge on any atom is 0.257 e. The molecule has 1 aromatic heterocycles. The zero-order valence-corrected chi connectivity index (χ0v) is 18.1. The first-order chi connectivity index (χ1) is 14.6. The van der Waals surface area contributed by atoms with E-state index < -0.39 is 0 Å². The first-order valence-corrected chi connectivity index (χ1v) is 10.3. The third kappa shape index (κ3) is 4.78. The summed E-state index contributed by atoms with van der Waals surface area (Å²) in [6.45, 7) is 2.51. The van der Waals surface area contributed by atoms with Gasteiger partial charge in [0.1, 0.15) is 5.56 Å². The van der Waals surface area contributed by atoms with Gasteiger partial charge in [-0.25, -0.2) is 0 Å². The molecule has 1 fully saturated rings. The molecule has 1 N–H and O–H groups in total. The highest BCUT2D eigenvalue weighted by Gasteiger charge is 2.29. The molecule has 0 spiro atoms. The maximum atomic E-state index is 13.0. The summed E-state index contributed by atoms with van der Waals surface area (Å²) < 4.78 is 21.6. The van der Waals surface area contributed by atoms with Crippen LogP contribution in [-0.2, 0) is 0 Å². The van der Waals surface area contributed by atoms with E-state index in [1.807, 2.05) is 19.1 Å². The van der Waals surface area contributed by atoms with Gasteiger partial charge in [0.15, 0.2) is 11.5 Å². The Kier molecular flexibility index (Phi) is 7.38. The number of carbonyl (C=O) groups is 1. The molecule has 2 aromatic rings. The molecule has 0 unspecified atom stereocenters. The van der Waals surface area contributed by atoms with Crippen LogP contribution in [0.15, 0.2) is 30.3 Å². The first kappa shape index (κ1) is 21.7. The third-order valence-electron chi connectivity index (χ3n) is 5.48. The Morgan fingerprint density at radius 2 is 1.83 bits per heavy atom. The summed E-state index contributed by atoms with van der Waals surface area (Å²) >= 11 is 0. The number of carbonyl (C=O) groups excluding carboxylic acids is 1. The predicted molar refractivity (Wildman–Crippen MR) is 114 cm³/mol. The van der Waals surface area contributed by atoms with Gasteiger partial charge in [0, 0.05) is 18.0 Å². The molecule has 3 rings (SSSR count). The molecular weight excluding hydrogens is 384 g/mol. The lowest BCUT2D eigenvalue weighted by molar-refractivity contribution is 0.0916. The number of hydrogen-bond donors (Lipinski definition) is 1. The number of amides is 1. The van der Waals surface area contributed by atoms with Gasteiger partial charge in [0.05, 0.1) is 27.9 Å². The van der Waals surface area contributed by atoms with Crippen LogP contribution in [0, 0.1) is 0 Å². The number of ether oxygens (including phenoxy) is 4. The Hall–Kier alpha value is -2.96. The van der Waals surface area contributed by atoms with E-state index >= 15 is 0 Å². The highest BCUT2D eigenvalue weighted by atomic mass is 16.5. The Morgan fingerprint density at radius 3 is 2.53 bits per heavy atom. The second-order valence-corrected chi connectivity index (χ2v) is 7.22. The highest BCUT2D eigenvalue weighted by molar-refractivity contribution is 5.96. The number of methoxy groups -OCH3 is 3. The Labute approximate surface area is 177 Å². The number of aromatic nitrogens is 1. The van der Waals surface area contributed by atoms with Gasteiger partial charge in [-0.3, -0.25) is 4.79 Å². The van der Waals surface area contributed by atoms with Crippen LogP contribution < -0.4 is 24.3 Å². The first-order valence-electron chi connectivity index (χ1n) is 10.3. The predicted octanol–water partition coefficient (Wildman–Crippen LogP) is 3.96. The quantitative estimate of drug-likeness (QED) is 0.704. The largest absolute Gasteiger partial charge is 0.493 e. The van der Waals surface area contributed by atoms with Crippen molar-refractivity contribution in [2.24, 2.45) is 0 Å². The van der Waals surface area contributed by atoms with Crippen molar-refractivity contribution in [1.29, 1.82) is 0 Å². The van der Waals surface area contributed by atoms with E-state index in [0.29, 0.717) is 23.8 Å². The van der Waals surface area contributed by atoms with Gasteiger partial charge in [0.25, 0.3) is 5.91 Å². The van der Waals surface area contributed by atoms with Crippen LogP contribution in [0.1, 0.15) is 54.4 Å². The van der Waals surface area contributed by atoms with Crippen molar-refractivity contribution in [2.45, 2.75) is 44.6 Å². The average molecular weight is 415 g/mol. The number of rotatable bonds is 8. The second kappa shape index (κ2) is 10.2. The van der Waals surface area contributed by atoms with Crippen LogP contribution in [0.3, 0.4) is 0 Å². The van der Waals surface area contributed by atoms with Gasteiger partial charge in [-0.15, -0.1) is 0 Å².